The van der Waals surface area contributed by atoms with Crippen LogP contribution in [0, 0.1) is 5.92 Å². The van der Waals surface area contributed by atoms with E-state index in [2.05, 4.69) is 36.5 Å². The average molecular weight is 229 g/mol. The Morgan fingerprint density at radius 2 is 1.82 bits per heavy atom. The summed E-state index contributed by atoms with van der Waals surface area (Å²) in [6.45, 7) is 2.36. The molecule has 1 fully saturated rings. The van der Waals surface area contributed by atoms with Crippen LogP contribution in [0.4, 0.5) is 0 Å². The number of benzene rings is 1. The largest absolute Gasteiger partial charge is 0.311 e. The molecule has 0 aliphatic heterocycles. The van der Waals surface area contributed by atoms with Gasteiger partial charge in [-0.25, -0.2) is 0 Å². The van der Waals surface area contributed by atoms with Gasteiger partial charge in [0.25, 0.3) is 0 Å². The van der Waals surface area contributed by atoms with Crippen molar-refractivity contribution in [1.82, 2.24) is 5.32 Å². The van der Waals surface area contributed by atoms with Crippen molar-refractivity contribution < 1.29 is 0 Å². The monoisotopic (exact) mass is 229 g/mol. The summed E-state index contributed by atoms with van der Waals surface area (Å²) in [7, 11) is 0. The van der Waals surface area contributed by atoms with Crippen LogP contribution in [0.2, 0.25) is 0 Å². The smallest absolute Gasteiger partial charge is 0.0150 e. The maximum absolute atomic E-state index is 3.82. The van der Waals surface area contributed by atoms with Crippen molar-refractivity contribution in [3.63, 3.8) is 0 Å². The summed E-state index contributed by atoms with van der Waals surface area (Å²) in [5.74, 6) is 1.02. The van der Waals surface area contributed by atoms with Crippen LogP contribution in [0.5, 0.6) is 0 Å². The zero-order chi connectivity index (χ0) is 11.7. The van der Waals surface area contributed by atoms with Crippen LogP contribution in [-0.2, 0) is 12.8 Å². The third-order valence-corrected chi connectivity index (χ3v) is 4.48. The van der Waals surface area contributed by atoms with Gasteiger partial charge in [0.05, 0.1) is 0 Å². The van der Waals surface area contributed by atoms with Crippen molar-refractivity contribution in [2.75, 3.05) is 0 Å². The Hall–Kier alpha value is -0.820. The van der Waals surface area contributed by atoms with Gasteiger partial charge in [-0.3, -0.25) is 0 Å². The standard InChI is InChI=1S/C16H23N/c1-12(9-13-5-4-6-13)17-16-10-14-7-2-3-8-15(14)11-16/h2-3,7-8,12-13,16-17H,4-6,9-11H2,1H3. The summed E-state index contributed by atoms with van der Waals surface area (Å²) >= 11 is 0. The van der Waals surface area contributed by atoms with Crippen LogP contribution in [0.1, 0.15) is 43.7 Å². The number of hydrogen-bond acceptors (Lipinski definition) is 1. The van der Waals surface area contributed by atoms with E-state index >= 15 is 0 Å². The number of hydrogen-bond donors (Lipinski definition) is 1. The molecule has 3 rings (SSSR count). The Labute approximate surface area is 105 Å². The van der Waals surface area contributed by atoms with E-state index in [1.54, 1.807) is 11.1 Å². The van der Waals surface area contributed by atoms with Crippen molar-refractivity contribution >= 4 is 0 Å². The van der Waals surface area contributed by atoms with Crippen molar-refractivity contribution in [3.8, 4) is 0 Å². The molecule has 0 saturated heterocycles. The Bertz CT molecular complexity index is 356. The predicted molar refractivity (Wildman–Crippen MR) is 72.2 cm³/mol. The summed E-state index contributed by atoms with van der Waals surface area (Å²) in [4.78, 5) is 0. The minimum absolute atomic E-state index is 0.683. The van der Waals surface area contributed by atoms with E-state index in [1.807, 2.05) is 0 Å². The lowest BCUT2D eigenvalue weighted by molar-refractivity contribution is 0.258. The summed E-state index contributed by atoms with van der Waals surface area (Å²) < 4.78 is 0. The van der Waals surface area contributed by atoms with Crippen molar-refractivity contribution in [1.29, 1.82) is 0 Å². The Morgan fingerprint density at radius 1 is 1.18 bits per heavy atom. The molecule has 2 aliphatic rings. The minimum Gasteiger partial charge on any atom is -0.311 e. The lowest BCUT2D eigenvalue weighted by Gasteiger charge is -2.30. The molecule has 1 nitrogen and oxygen atoms in total. The molecule has 1 unspecified atom stereocenters. The molecule has 1 aromatic carbocycles. The molecule has 0 radical (unpaired) electrons. The zero-order valence-electron chi connectivity index (χ0n) is 10.8. The summed E-state index contributed by atoms with van der Waals surface area (Å²) in [6.07, 6.45) is 8.24. The first kappa shape index (κ1) is 11.3. The van der Waals surface area contributed by atoms with Gasteiger partial charge in [-0.2, -0.15) is 0 Å². The molecule has 2 aliphatic carbocycles. The van der Waals surface area contributed by atoms with E-state index < -0.39 is 0 Å². The quantitative estimate of drug-likeness (QED) is 0.835. The first-order valence-corrected chi connectivity index (χ1v) is 7.14. The van der Waals surface area contributed by atoms with Gasteiger partial charge in [0.15, 0.2) is 0 Å². The normalized spacial score (nSPS) is 22.2. The van der Waals surface area contributed by atoms with Gasteiger partial charge in [0.2, 0.25) is 0 Å². The maximum atomic E-state index is 3.82. The van der Waals surface area contributed by atoms with E-state index in [1.165, 1.54) is 38.5 Å². The minimum atomic E-state index is 0.683. The summed E-state index contributed by atoms with van der Waals surface area (Å²) in [5.41, 5.74) is 3.11. The highest BCUT2D eigenvalue weighted by Crippen LogP contribution is 2.31. The van der Waals surface area contributed by atoms with E-state index in [4.69, 9.17) is 0 Å². The molecule has 92 valence electrons. The molecule has 1 N–H and O–H groups in total. The average Bonchev–Trinajstić information content (AvgIpc) is 2.65. The Kier molecular flexibility index (Phi) is 3.19. The van der Waals surface area contributed by atoms with Gasteiger partial charge < -0.3 is 5.32 Å². The van der Waals surface area contributed by atoms with Crippen molar-refractivity contribution in [3.05, 3.63) is 35.4 Å². The molecule has 0 bridgehead atoms. The highest BCUT2D eigenvalue weighted by Gasteiger charge is 2.24. The Balaban J connectivity index is 1.51. The highest BCUT2D eigenvalue weighted by atomic mass is 14.9. The number of nitrogens with one attached hydrogen (secondary N) is 1. The van der Waals surface area contributed by atoms with E-state index in [-0.39, 0.29) is 0 Å². The molecular weight excluding hydrogens is 206 g/mol. The van der Waals surface area contributed by atoms with Gasteiger partial charge in [-0.1, -0.05) is 43.5 Å². The van der Waals surface area contributed by atoms with E-state index in [9.17, 15) is 0 Å². The van der Waals surface area contributed by atoms with Gasteiger partial charge in [0.1, 0.15) is 0 Å². The fraction of sp³-hybridized carbons (Fsp3) is 0.625. The molecule has 1 saturated carbocycles. The van der Waals surface area contributed by atoms with Crippen LogP contribution in [0.3, 0.4) is 0 Å². The summed E-state index contributed by atoms with van der Waals surface area (Å²) in [5, 5.41) is 3.82. The van der Waals surface area contributed by atoms with Crippen molar-refractivity contribution in [2.45, 2.75) is 57.5 Å². The van der Waals surface area contributed by atoms with Crippen LogP contribution >= 0.6 is 0 Å². The van der Waals surface area contributed by atoms with Gasteiger partial charge in [0, 0.05) is 12.1 Å². The second-order valence-corrected chi connectivity index (χ2v) is 5.97. The molecule has 17 heavy (non-hydrogen) atoms. The first-order valence-electron chi connectivity index (χ1n) is 7.14. The van der Waals surface area contributed by atoms with Crippen LogP contribution in [-0.4, -0.2) is 12.1 Å². The fourth-order valence-corrected chi connectivity index (χ4v) is 3.38. The molecule has 1 atom stereocenters. The third kappa shape index (κ3) is 2.55. The number of rotatable bonds is 4. The second-order valence-electron chi connectivity index (χ2n) is 5.97. The van der Waals surface area contributed by atoms with Crippen LogP contribution in [0.25, 0.3) is 0 Å². The zero-order valence-corrected chi connectivity index (χ0v) is 10.8. The predicted octanol–water partition coefficient (Wildman–Crippen LogP) is 3.32. The van der Waals surface area contributed by atoms with Gasteiger partial charge in [-0.05, 0) is 43.2 Å². The van der Waals surface area contributed by atoms with Gasteiger partial charge in [-0.15, -0.1) is 0 Å². The molecule has 0 spiro atoms. The van der Waals surface area contributed by atoms with Crippen LogP contribution in [0.15, 0.2) is 24.3 Å². The van der Waals surface area contributed by atoms with E-state index in [0.29, 0.717) is 12.1 Å². The topological polar surface area (TPSA) is 12.0 Å². The molecule has 1 heteroatoms. The molecular formula is C16H23N. The van der Waals surface area contributed by atoms with Gasteiger partial charge >= 0.3 is 0 Å². The first-order chi connectivity index (χ1) is 8.31. The van der Waals surface area contributed by atoms with Crippen LogP contribution < -0.4 is 5.32 Å². The van der Waals surface area contributed by atoms with Crippen molar-refractivity contribution in [2.24, 2.45) is 5.92 Å². The number of fused-ring (bicyclic) bond motifs is 1. The lowest BCUT2D eigenvalue weighted by Crippen LogP contribution is -2.38. The molecule has 0 aromatic heterocycles. The van der Waals surface area contributed by atoms with E-state index in [0.717, 1.165) is 5.92 Å². The summed E-state index contributed by atoms with van der Waals surface area (Å²) in [6, 6.07) is 10.3. The Morgan fingerprint density at radius 3 is 2.35 bits per heavy atom. The molecule has 0 amide bonds. The molecule has 1 aromatic rings. The SMILES string of the molecule is CC(CC1CCC1)NC1Cc2ccccc2C1. The second kappa shape index (κ2) is 4.81. The fourth-order valence-electron chi connectivity index (χ4n) is 3.38. The lowest BCUT2D eigenvalue weighted by atomic mass is 9.81. The molecule has 0 heterocycles. The third-order valence-electron chi connectivity index (χ3n) is 4.48. The maximum Gasteiger partial charge on any atom is 0.0150 e. The highest BCUT2D eigenvalue weighted by molar-refractivity contribution is 5.33.